The molecule has 0 bridgehead atoms. The normalized spacial score (nSPS) is 56.6. The molecule has 0 aromatic carbocycles. The predicted molar refractivity (Wildman–Crippen MR) is 138 cm³/mol. The quantitative estimate of drug-likeness (QED) is 0.389. The van der Waals surface area contributed by atoms with E-state index in [0.717, 1.165) is 42.1 Å². The highest BCUT2D eigenvalue weighted by Gasteiger charge is 2.73. The van der Waals surface area contributed by atoms with Crippen molar-refractivity contribution in [2.24, 2.45) is 62.6 Å². The van der Waals surface area contributed by atoms with E-state index < -0.39 is 0 Å². The molecule has 0 saturated heterocycles. The Hall–Kier alpha value is -0.300. The third kappa shape index (κ3) is 2.76. The first-order valence-electron chi connectivity index (χ1n) is 14.7. The summed E-state index contributed by atoms with van der Waals surface area (Å²) in [5.74, 6) is 5.35. The maximum Gasteiger partial charge on any atom is 0.0467 e. The fourth-order valence-electron chi connectivity index (χ4n) is 12.9. The van der Waals surface area contributed by atoms with Crippen molar-refractivity contribution in [3.05, 3.63) is 12.2 Å². The molecule has 0 aromatic heterocycles. The van der Waals surface area contributed by atoms with Gasteiger partial charge in [-0.25, -0.2) is 0 Å². The lowest BCUT2D eigenvalue weighted by atomic mass is 9.30. The van der Waals surface area contributed by atoms with Crippen molar-refractivity contribution in [2.45, 2.75) is 112 Å². The van der Waals surface area contributed by atoms with Gasteiger partial charge in [0.25, 0.3) is 0 Å². The molecule has 1 heteroatoms. The van der Waals surface area contributed by atoms with E-state index in [-0.39, 0.29) is 0 Å². The monoisotopic (exact) mass is 452 g/mol. The fourth-order valence-corrected chi connectivity index (χ4v) is 12.9. The van der Waals surface area contributed by atoms with Gasteiger partial charge in [-0.3, -0.25) is 0 Å². The van der Waals surface area contributed by atoms with Crippen molar-refractivity contribution in [3.8, 4) is 0 Å². The van der Waals surface area contributed by atoms with Gasteiger partial charge in [-0.05, 0) is 133 Å². The number of rotatable bonds is 3. The Labute approximate surface area is 204 Å². The van der Waals surface area contributed by atoms with Crippen molar-refractivity contribution >= 4 is 0 Å². The van der Waals surface area contributed by atoms with Gasteiger partial charge in [-0.15, -0.1) is 0 Å². The van der Waals surface area contributed by atoms with Crippen LogP contribution in [0.4, 0.5) is 0 Å². The standard InChI is InChI=1S/C32H52O/c1-21-19-22-20-25-29(4)12-8-11-28(2,3)24(29)10-13-30(25,5)31(6)15-16-32(17-18-33-7)14-9-23(21)27(32)26(22)31/h22-27H,1,8-20H2,2-7H3. The zero-order valence-corrected chi connectivity index (χ0v) is 22.8. The van der Waals surface area contributed by atoms with Gasteiger partial charge in [0.15, 0.2) is 0 Å². The maximum atomic E-state index is 5.69. The highest BCUT2D eigenvalue weighted by atomic mass is 16.5. The molecule has 0 aromatic rings. The molecule has 186 valence electrons. The maximum absolute atomic E-state index is 5.69. The molecule has 1 nitrogen and oxygen atoms in total. The molecule has 6 fully saturated rings. The van der Waals surface area contributed by atoms with Gasteiger partial charge in [-0.2, -0.15) is 0 Å². The van der Waals surface area contributed by atoms with Crippen molar-refractivity contribution in [1.29, 1.82) is 0 Å². The fraction of sp³-hybridized carbons (Fsp3) is 0.938. The molecular weight excluding hydrogens is 400 g/mol. The molecule has 33 heavy (non-hydrogen) atoms. The van der Waals surface area contributed by atoms with Crippen LogP contribution in [0.15, 0.2) is 12.2 Å². The van der Waals surface area contributed by atoms with Crippen molar-refractivity contribution in [1.82, 2.24) is 0 Å². The number of fused-ring (bicyclic) bond motifs is 4. The van der Waals surface area contributed by atoms with E-state index in [9.17, 15) is 0 Å². The molecule has 0 N–H and O–H groups in total. The first kappa shape index (κ1) is 23.1. The summed E-state index contributed by atoms with van der Waals surface area (Å²) in [4.78, 5) is 0. The smallest absolute Gasteiger partial charge is 0.0467 e. The Kier molecular flexibility index (Phi) is 5.00. The lowest BCUT2D eigenvalue weighted by molar-refractivity contribution is -0.258. The Balaban J connectivity index is 1.44. The number of ether oxygens (including phenoxy) is 1. The largest absolute Gasteiger partial charge is 0.385 e. The minimum Gasteiger partial charge on any atom is -0.385 e. The number of allylic oxidation sites excluding steroid dienone is 1. The van der Waals surface area contributed by atoms with Crippen molar-refractivity contribution in [3.63, 3.8) is 0 Å². The van der Waals surface area contributed by atoms with Crippen LogP contribution >= 0.6 is 0 Å². The molecule has 10 unspecified atom stereocenters. The van der Waals surface area contributed by atoms with Gasteiger partial charge < -0.3 is 4.74 Å². The van der Waals surface area contributed by atoms with Crippen LogP contribution in [0.3, 0.4) is 0 Å². The van der Waals surface area contributed by atoms with Gasteiger partial charge in [0.05, 0.1) is 0 Å². The van der Waals surface area contributed by atoms with E-state index in [1.165, 1.54) is 77.0 Å². The minimum atomic E-state index is 0.515. The third-order valence-electron chi connectivity index (χ3n) is 14.4. The summed E-state index contributed by atoms with van der Waals surface area (Å²) >= 11 is 0. The third-order valence-corrected chi connectivity index (χ3v) is 14.4. The summed E-state index contributed by atoms with van der Waals surface area (Å²) in [5.41, 5.74) is 4.30. The molecule has 0 radical (unpaired) electrons. The topological polar surface area (TPSA) is 9.23 Å². The van der Waals surface area contributed by atoms with E-state index in [2.05, 4.69) is 34.6 Å². The van der Waals surface area contributed by atoms with E-state index in [4.69, 9.17) is 11.3 Å². The number of hydrogen-bond donors (Lipinski definition) is 0. The van der Waals surface area contributed by atoms with E-state index in [1.807, 2.05) is 7.11 Å². The van der Waals surface area contributed by atoms with Crippen LogP contribution in [0.1, 0.15) is 112 Å². The highest BCUT2D eigenvalue weighted by molar-refractivity contribution is 5.26. The summed E-state index contributed by atoms with van der Waals surface area (Å²) < 4.78 is 5.69. The molecule has 0 aliphatic heterocycles. The van der Waals surface area contributed by atoms with Crippen LogP contribution in [0.2, 0.25) is 0 Å². The zero-order chi connectivity index (χ0) is 23.4. The van der Waals surface area contributed by atoms with Crippen LogP contribution in [-0.4, -0.2) is 13.7 Å². The van der Waals surface area contributed by atoms with Gasteiger partial charge in [0.1, 0.15) is 0 Å². The van der Waals surface area contributed by atoms with Crippen LogP contribution in [0.25, 0.3) is 0 Å². The average molecular weight is 453 g/mol. The molecular formula is C32H52O. The SMILES string of the molecule is C=C1CC2CC3C4(C)CCCC(C)(C)C4CCC3(C)C3(C)CCC4(CCOC)CCC1C4C23. The van der Waals surface area contributed by atoms with E-state index in [0.29, 0.717) is 27.1 Å². The second-order valence-electron chi connectivity index (χ2n) is 15.5. The molecule has 0 heterocycles. The highest BCUT2D eigenvalue weighted by Crippen LogP contribution is 2.80. The van der Waals surface area contributed by atoms with Gasteiger partial charge in [-0.1, -0.05) is 53.2 Å². The molecule has 6 aliphatic rings. The molecule has 6 saturated carbocycles. The summed E-state index contributed by atoms with van der Waals surface area (Å²) in [6.07, 6.45) is 17.3. The van der Waals surface area contributed by atoms with Gasteiger partial charge >= 0.3 is 0 Å². The van der Waals surface area contributed by atoms with Gasteiger partial charge in [0.2, 0.25) is 0 Å². The van der Waals surface area contributed by atoms with Crippen LogP contribution in [0.5, 0.6) is 0 Å². The molecule has 0 amide bonds. The van der Waals surface area contributed by atoms with Crippen LogP contribution in [0, 0.1) is 62.6 Å². The zero-order valence-electron chi connectivity index (χ0n) is 22.8. The first-order chi connectivity index (χ1) is 15.5. The predicted octanol–water partition coefficient (Wildman–Crippen LogP) is 8.68. The first-order valence-corrected chi connectivity index (χ1v) is 14.7. The van der Waals surface area contributed by atoms with Crippen LogP contribution < -0.4 is 0 Å². The van der Waals surface area contributed by atoms with Crippen molar-refractivity contribution < 1.29 is 4.74 Å². The van der Waals surface area contributed by atoms with Gasteiger partial charge in [0, 0.05) is 13.7 Å². The summed E-state index contributed by atoms with van der Waals surface area (Å²) in [6.45, 7) is 19.4. The second-order valence-corrected chi connectivity index (χ2v) is 15.5. The molecule has 6 rings (SSSR count). The lowest BCUT2D eigenvalue weighted by Gasteiger charge is -2.75. The second kappa shape index (κ2) is 7.14. The number of methoxy groups -OCH3 is 1. The summed E-state index contributed by atoms with van der Waals surface area (Å²) in [6, 6.07) is 0. The van der Waals surface area contributed by atoms with Crippen molar-refractivity contribution in [2.75, 3.05) is 13.7 Å². The summed E-state index contributed by atoms with van der Waals surface area (Å²) in [7, 11) is 1.91. The molecule has 0 spiro atoms. The molecule has 6 aliphatic carbocycles. The molecule has 10 atom stereocenters. The Bertz CT molecular complexity index is 826. The Morgan fingerprint density at radius 2 is 1.64 bits per heavy atom. The minimum absolute atomic E-state index is 0.515. The lowest BCUT2D eigenvalue weighted by Crippen LogP contribution is -2.68. The van der Waals surface area contributed by atoms with E-state index >= 15 is 0 Å². The average Bonchev–Trinajstić information content (AvgIpc) is 3.13. The summed E-state index contributed by atoms with van der Waals surface area (Å²) in [5, 5.41) is 0. The Morgan fingerprint density at radius 1 is 0.848 bits per heavy atom. The number of hydrogen-bond acceptors (Lipinski definition) is 1. The van der Waals surface area contributed by atoms with Crippen LogP contribution in [-0.2, 0) is 4.74 Å². The van der Waals surface area contributed by atoms with E-state index in [1.54, 1.807) is 5.57 Å². The Morgan fingerprint density at radius 3 is 2.39 bits per heavy atom.